The predicted molar refractivity (Wildman–Crippen MR) is 152 cm³/mol. The zero-order valence-electron chi connectivity index (χ0n) is 22.9. The van der Waals surface area contributed by atoms with Crippen LogP contribution >= 0.6 is 11.9 Å². The van der Waals surface area contributed by atoms with Crippen LogP contribution in [0, 0.1) is 6.92 Å². The summed E-state index contributed by atoms with van der Waals surface area (Å²) in [6.07, 6.45) is 5.65. The van der Waals surface area contributed by atoms with Crippen molar-refractivity contribution in [1.29, 1.82) is 0 Å². The Morgan fingerprint density at radius 2 is 1.66 bits per heavy atom. The molecule has 0 saturated heterocycles. The number of pyridine rings is 1. The quantitative estimate of drug-likeness (QED) is 0.200. The minimum atomic E-state index is 0.151. The summed E-state index contributed by atoms with van der Waals surface area (Å²) in [6.45, 7) is 11.5. The molecular weight excluding hydrogens is 502 g/mol. The van der Waals surface area contributed by atoms with Gasteiger partial charge in [-0.2, -0.15) is 5.10 Å². The maximum absolute atomic E-state index is 5.68. The fourth-order valence-corrected chi connectivity index (χ4v) is 4.29. The molecule has 0 aliphatic rings. The van der Waals surface area contributed by atoms with E-state index in [0.29, 0.717) is 40.5 Å². The molecule has 0 spiro atoms. The number of allylic oxidation sites excluding steroid dienone is 1. The Balaban J connectivity index is 0.00000127. The van der Waals surface area contributed by atoms with E-state index in [-0.39, 0.29) is 11.3 Å². The lowest BCUT2D eigenvalue weighted by molar-refractivity contribution is 0.391. The Bertz CT molecular complexity index is 1320. The van der Waals surface area contributed by atoms with Crippen LogP contribution in [0.5, 0.6) is 17.4 Å². The van der Waals surface area contributed by atoms with Crippen molar-refractivity contribution < 1.29 is 14.2 Å². The van der Waals surface area contributed by atoms with Crippen molar-refractivity contribution in [3.05, 3.63) is 67.0 Å². The number of aryl methyl sites for hydroxylation is 1. The van der Waals surface area contributed by atoms with Crippen LogP contribution in [0.4, 0.5) is 5.95 Å². The predicted octanol–water partition coefficient (Wildman–Crippen LogP) is 5.76. The highest BCUT2D eigenvalue weighted by atomic mass is 32.2. The zero-order chi connectivity index (χ0) is 27.7. The third kappa shape index (κ3) is 6.46. The van der Waals surface area contributed by atoms with Crippen molar-refractivity contribution in [2.45, 2.75) is 39.0 Å². The molecular formula is C27H35N7O3S. The minimum Gasteiger partial charge on any atom is -0.494 e. The van der Waals surface area contributed by atoms with Gasteiger partial charge in [-0.1, -0.05) is 18.2 Å². The molecule has 38 heavy (non-hydrogen) atoms. The highest BCUT2D eigenvalue weighted by Crippen LogP contribution is 2.38. The highest BCUT2D eigenvalue weighted by molar-refractivity contribution is 8.01. The first-order chi connectivity index (χ1) is 18.4. The Labute approximate surface area is 228 Å². The van der Waals surface area contributed by atoms with Gasteiger partial charge in [0.2, 0.25) is 11.8 Å². The summed E-state index contributed by atoms with van der Waals surface area (Å²) in [4.78, 5) is 4.56. The van der Waals surface area contributed by atoms with Crippen molar-refractivity contribution in [2.24, 2.45) is 0 Å². The summed E-state index contributed by atoms with van der Waals surface area (Å²) >= 11 is 1.53. The molecule has 4 aromatic rings. The molecule has 10 nitrogen and oxygen atoms in total. The third-order valence-electron chi connectivity index (χ3n) is 5.61. The highest BCUT2D eigenvalue weighted by Gasteiger charge is 2.24. The number of methoxy groups -OCH3 is 3. The van der Waals surface area contributed by atoms with Crippen molar-refractivity contribution in [3.63, 3.8) is 0 Å². The van der Waals surface area contributed by atoms with Crippen molar-refractivity contribution >= 4 is 17.9 Å². The number of anilines is 1. The summed E-state index contributed by atoms with van der Waals surface area (Å²) in [5.74, 6) is 2.71. The number of para-hydroxylation sites is 1. The van der Waals surface area contributed by atoms with E-state index in [1.165, 1.54) is 11.9 Å². The number of nitrogens with one attached hydrogen (secondary N) is 1. The summed E-state index contributed by atoms with van der Waals surface area (Å²) in [6, 6.07) is 11.2. The van der Waals surface area contributed by atoms with E-state index in [1.54, 1.807) is 33.5 Å². The van der Waals surface area contributed by atoms with Crippen LogP contribution in [-0.2, 0) is 0 Å². The number of nitrogens with zero attached hydrogens (tertiary/aromatic N) is 6. The van der Waals surface area contributed by atoms with E-state index < -0.39 is 0 Å². The van der Waals surface area contributed by atoms with Gasteiger partial charge in [-0.3, -0.25) is 14.0 Å². The minimum absolute atomic E-state index is 0.151. The topological polar surface area (TPSA) is 101 Å². The Morgan fingerprint density at radius 3 is 2.24 bits per heavy atom. The molecule has 4 rings (SSSR count). The van der Waals surface area contributed by atoms with Gasteiger partial charge in [-0.15, -0.1) is 16.8 Å². The van der Waals surface area contributed by atoms with Crippen LogP contribution < -0.4 is 18.9 Å². The van der Waals surface area contributed by atoms with Gasteiger partial charge in [0.1, 0.15) is 22.9 Å². The second-order valence-corrected chi connectivity index (χ2v) is 9.51. The average Bonchev–Trinajstić information content (AvgIpc) is 3.57. The van der Waals surface area contributed by atoms with E-state index >= 15 is 0 Å². The van der Waals surface area contributed by atoms with Gasteiger partial charge >= 0.3 is 0 Å². The molecule has 1 aromatic carbocycles. The fraction of sp³-hybridized carbons (Fsp3) is 0.333. The van der Waals surface area contributed by atoms with Crippen molar-refractivity contribution in [2.75, 3.05) is 26.1 Å². The molecule has 0 bridgehead atoms. The number of hydrogen-bond donors (Lipinski definition) is 1. The molecule has 1 N–H and O–H groups in total. The summed E-state index contributed by atoms with van der Waals surface area (Å²) < 4.78 is 23.9. The SMILES string of the molecule is C=CC.COc1cccc(-c2nnc(NSC(C)C(C)n3cc(C)cn3)n2-c2c(OC)cccc2OC)n1. The average molecular weight is 538 g/mol. The molecule has 3 heterocycles. The molecule has 0 radical (unpaired) electrons. The molecule has 3 aromatic heterocycles. The first kappa shape index (κ1) is 28.6. The molecule has 2 atom stereocenters. The number of ether oxygens (including phenoxy) is 3. The van der Waals surface area contributed by atoms with Crippen molar-refractivity contribution in [1.82, 2.24) is 29.5 Å². The van der Waals surface area contributed by atoms with Crippen molar-refractivity contribution in [3.8, 4) is 34.6 Å². The fourth-order valence-electron chi connectivity index (χ4n) is 3.55. The second kappa shape index (κ2) is 13.5. The maximum atomic E-state index is 5.68. The molecule has 0 amide bonds. The molecule has 202 valence electrons. The van der Waals surface area contributed by atoms with Crippen LogP contribution in [0.3, 0.4) is 0 Å². The molecule has 2 unspecified atom stereocenters. The smallest absolute Gasteiger partial charge is 0.239 e. The van der Waals surface area contributed by atoms with E-state index in [9.17, 15) is 0 Å². The van der Waals surface area contributed by atoms with Gasteiger partial charge < -0.3 is 14.2 Å². The van der Waals surface area contributed by atoms with E-state index in [0.717, 1.165) is 5.56 Å². The largest absolute Gasteiger partial charge is 0.494 e. The van der Waals surface area contributed by atoms with Gasteiger partial charge in [0.15, 0.2) is 5.82 Å². The van der Waals surface area contributed by atoms with E-state index in [1.807, 2.05) is 65.8 Å². The summed E-state index contributed by atoms with van der Waals surface area (Å²) in [7, 11) is 4.81. The van der Waals surface area contributed by atoms with Crippen LogP contribution in [0.15, 0.2) is 61.4 Å². The van der Waals surface area contributed by atoms with Gasteiger partial charge in [-0.05, 0) is 63.4 Å². The lowest BCUT2D eigenvalue weighted by Crippen LogP contribution is -2.18. The second-order valence-electron chi connectivity index (χ2n) is 8.33. The summed E-state index contributed by atoms with van der Waals surface area (Å²) in [5.41, 5.74) is 2.38. The Hall–Kier alpha value is -3.99. The van der Waals surface area contributed by atoms with Crippen LogP contribution in [0.1, 0.15) is 32.4 Å². The van der Waals surface area contributed by atoms with Crippen LogP contribution in [0.2, 0.25) is 0 Å². The third-order valence-corrected chi connectivity index (χ3v) is 6.68. The Kier molecular flexibility index (Phi) is 10.2. The van der Waals surface area contributed by atoms with E-state index in [2.05, 4.69) is 45.4 Å². The van der Waals surface area contributed by atoms with Gasteiger partial charge in [0.05, 0.1) is 33.6 Å². The normalized spacial score (nSPS) is 12.1. The van der Waals surface area contributed by atoms with Crippen LogP contribution in [0.25, 0.3) is 17.2 Å². The summed E-state index contributed by atoms with van der Waals surface area (Å²) in [5, 5.41) is 13.5. The first-order valence-electron chi connectivity index (χ1n) is 12.1. The number of aromatic nitrogens is 6. The number of rotatable bonds is 10. The lowest BCUT2D eigenvalue weighted by Gasteiger charge is -2.21. The maximum Gasteiger partial charge on any atom is 0.239 e. The molecule has 11 heteroatoms. The van der Waals surface area contributed by atoms with E-state index in [4.69, 9.17) is 14.2 Å². The molecule has 0 aliphatic heterocycles. The molecule has 0 aliphatic carbocycles. The number of benzene rings is 1. The van der Waals surface area contributed by atoms with Gasteiger partial charge in [-0.25, -0.2) is 4.98 Å². The standard InChI is InChI=1S/C24H29N7O3S.C3H6/c1-15-13-25-30(14-15)16(2)17(3)35-29-24-28-27-23(18-9-7-12-21(26-18)34-6)31(24)22-19(32-4)10-8-11-20(22)33-5;1-3-2/h7-14,16-17H,1-6H3,(H,28,29);3H,1H2,2H3. The number of hydrogen-bond acceptors (Lipinski definition) is 9. The first-order valence-corrected chi connectivity index (χ1v) is 12.9. The van der Waals surface area contributed by atoms with Gasteiger partial charge in [0, 0.05) is 17.5 Å². The Morgan fingerprint density at radius 1 is 1.00 bits per heavy atom. The lowest BCUT2D eigenvalue weighted by atomic mass is 10.2. The molecule has 0 fully saturated rings. The monoisotopic (exact) mass is 537 g/mol. The van der Waals surface area contributed by atoms with Gasteiger partial charge in [0.25, 0.3) is 0 Å². The van der Waals surface area contributed by atoms with Crippen LogP contribution in [-0.4, -0.2) is 56.1 Å². The molecule has 0 saturated carbocycles. The zero-order valence-corrected chi connectivity index (χ0v) is 23.7.